The lowest BCUT2D eigenvalue weighted by Crippen LogP contribution is -1.82. The van der Waals surface area contributed by atoms with E-state index in [9.17, 15) is 0 Å². The Morgan fingerprint density at radius 2 is 2.45 bits per heavy atom. The number of aliphatic imine (C=N–C) groups is 1. The number of hydrogen-bond acceptors (Lipinski definition) is 2. The molecule has 0 fully saturated rings. The third kappa shape index (κ3) is 2.00. The quantitative estimate of drug-likeness (QED) is 0.586. The van der Waals surface area contributed by atoms with E-state index in [1.165, 1.54) is 0 Å². The van der Waals surface area contributed by atoms with E-state index in [4.69, 9.17) is 0 Å². The van der Waals surface area contributed by atoms with E-state index in [2.05, 4.69) is 16.7 Å². The Kier molecular flexibility index (Phi) is 2.55. The number of hydrogen-bond donors (Lipinski definition) is 0. The summed E-state index contributed by atoms with van der Waals surface area (Å²) >= 11 is 0. The maximum atomic E-state index is 4.12. The highest BCUT2D eigenvalue weighted by Crippen LogP contribution is 2.05. The van der Waals surface area contributed by atoms with Crippen molar-refractivity contribution in [2.45, 2.75) is 6.92 Å². The second kappa shape index (κ2) is 3.66. The molecule has 1 rings (SSSR count). The predicted molar refractivity (Wildman–Crippen MR) is 47.6 cm³/mol. The van der Waals surface area contributed by atoms with Gasteiger partial charge >= 0.3 is 0 Å². The first kappa shape index (κ1) is 7.66. The average molecular weight is 146 g/mol. The minimum absolute atomic E-state index is 1.01. The highest BCUT2D eigenvalue weighted by Gasteiger charge is 1.90. The van der Waals surface area contributed by atoms with Crippen molar-refractivity contribution in [3.63, 3.8) is 0 Å². The third-order valence-electron chi connectivity index (χ3n) is 1.41. The zero-order valence-corrected chi connectivity index (χ0v) is 6.49. The van der Waals surface area contributed by atoms with Crippen LogP contribution in [0.3, 0.4) is 0 Å². The Morgan fingerprint density at radius 3 is 3.09 bits per heavy atom. The topological polar surface area (TPSA) is 25.2 Å². The molecular formula is C9H10N2. The van der Waals surface area contributed by atoms with E-state index in [-0.39, 0.29) is 0 Å². The summed E-state index contributed by atoms with van der Waals surface area (Å²) in [5, 5.41) is 0. The lowest BCUT2D eigenvalue weighted by Gasteiger charge is -1.95. The molecule has 2 nitrogen and oxygen atoms in total. The maximum Gasteiger partial charge on any atom is 0.0445 e. The number of rotatable bonds is 2. The molecule has 2 heteroatoms. The van der Waals surface area contributed by atoms with E-state index < -0.39 is 0 Å². The standard InChI is InChI=1S/C9H10N2/c1-8-9(5-7-10-2)4-3-6-11-8/h3-7H,2H2,1H3/b7-5-. The fraction of sp³-hybridized carbons (Fsp3) is 0.111. The summed E-state index contributed by atoms with van der Waals surface area (Å²) in [5.41, 5.74) is 2.09. The van der Waals surface area contributed by atoms with Crippen molar-refractivity contribution in [1.82, 2.24) is 4.98 Å². The molecule has 11 heavy (non-hydrogen) atoms. The van der Waals surface area contributed by atoms with Gasteiger partial charge in [-0.2, -0.15) is 0 Å². The average Bonchev–Trinajstić information content (AvgIpc) is 2.03. The van der Waals surface area contributed by atoms with Crippen molar-refractivity contribution in [1.29, 1.82) is 0 Å². The van der Waals surface area contributed by atoms with Gasteiger partial charge < -0.3 is 0 Å². The van der Waals surface area contributed by atoms with Crippen LogP contribution in [0.1, 0.15) is 11.3 Å². The summed E-state index contributed by atoms with van der Waals surface area (Å²) in [7, 11) is 0. The van der Waals surface area contributed by atoms with Crippen LogP contribution in [0.15, 0.2) is 29.5 Å². The van der Waals surface area contributed by atoms with Crippen molar-refractivity contribution in [3.8, 4) is 0 Å². The summed E-state index contributed by atoms with van der Waals surface area (Å²) in [6.07, 6.45) is 5.31. The van der Waals surface area contributed by atoms with Crippen LogP contribution in [0.5, 0.6) is 0 Å². The Balaban J connectivity index is 2.94. The smallest absolute Gasteiger partial charge is 0.0445 e. The largest absolute Gasteiger partial charge is 0.272 e. The van der Waals surface area contributed by atoms with E-state index in [0.717, 1.165) is 11.3 Å². The fourth-order valence-electron chi connectivity index (χ4n) is 0.806. The van der Waals surface area contributed by atoms with Gasteiger partial charge in [0.25, 0.3) is 0 Å². The van der Waals surface area contributed by atoms with Crippen LogP contribution in [0.25, 0.3) is 6.08 Å². The molecule has 0 atom stereocenters. The number of pyridine rings is 1. The van der Waals surface area contributed by atoms with Crippen LogP contribution in [-0.2, 0) is 0 Å². The van der Waals surface area contributed by atoms with Gasteiger partial charge in [-0.25, -0.2) is 0 Å². The van der Waals surface area contributed by atoms with E-state index in [1.807, 2.05) is 25.1 Å². The molecule has 0 unspecified atom stereocenters. The second-order valence-corrected chi connectivity index (χ2v) is 2.18. The second-order valence-electron chi connectivity index (χ2n) is 2.18. The molecule has 0 amide bonds. The SMILES string of the molecule is C=N/C=C\c1cccnc1C. The predicted octanol–water partition coefficient (Wildman–Crippen LogP) is 2.06. The van der Waals surface area contributed by atoms with Crippen molar-refractivity contribution in [2.24, 2.45) is 4.99 Å². The number of aryl methyl sites for hydroxylation is 1. The van der Waals surface area contributed by atoms with Gasteiger partial charge in [-0.05, 0) is 31.3 Å². The van der Waals surface area contributed by atoms with Gasteiger partial charge in [-0.15, -0.1) is 0 Å². The van der Waals surface area contributed by atoms with Crippen LogP contribution in [0.2, 0.25) is 0 Å². The minimum atomic E-state index is 1.01. The van der Waals surface area contributed by atoms with Crippen LogP contribution in [0.4, 0.5) is 0 Å². The lowest BCUT2D eigenvalue weighted by molar-refractivity contribution is 1.19. The van der Waals surface area contributed by atoms with Crippen LogP contribution in [0, 0.1) is 6.92 Å². The third-order valence-corrected chi connectivity index (χ3v) is 1.41. The highest BCUT2D eigenvalue weighted by atomic mass is 14.7. The molecule has 1 aromatic rings. The molecule has 0 bridgehead atoms. The number of aromatic nitrogens is 1. The minimum Gasteiger partial charge on any atom is -0.272 e. The van der Waals surface area contributed by atoms with Gasteiger partial charge in [-0.3, -0.25) is 9.98 Å². The molecule has 1 aromatic heterocycles. The van der Waals surface area contributed by atoms with Crippen molar-refractivity contribution in [3.05, 3.63) is 35.8 Å². The molecule has 0 aromatic carbocycles. The van der Waals surface area contributed by atoms with E-state index >= 15 is 0 Å². The molecule has 0 N–H and O–H groups in total. The summed E-state index contributed by atoms with van der Waals surface area (Å²) in [4.78, 5) is 7.73. The highest BCUT2D eigenvalue weighted by molar-refractivity contribution is 5.51. The van der Waals surface area contributed by atoms with Gasteiger partial charge in [0, 0.05) is 18.1 Å². The Bertz CT molecular complexity index is 277. The molecule has 0 aliphatic carbocycles. The van der Waals surface area contributed by atoms with E-state index in [0.29, 0.717) is 0 Å². The van der Waals surface area contributed by atoms with Crippen molar-refractivity contribution < 1.29 is 0 Å². The summed E-state index contributed by atoms with van der Waals surface area (Å²) < 4.78 is 0. The summed E-state index contributed by atoms with van der Waals surface area (Å²) in [6, 6.07) is 3.89. The molecular weight excluding hydrogens is 136 g/mol. The molecule has 56 valence electrons. The molecule has 0 saturated carbocycles. The molecule has 0 saturated heterocycles. The normalized spacial score (nSPS) is 10.3. The van der Waals surface area contributed by atoms with Crippen LogP contribution < -0.4 is 0 Å². The van der Waals surface area contributed by atoms with Crippen LogP contribution in [-0.4, -0.2) is 11.7 Å². The molecule has 0 aliphatic rings. The zero-order chi connectivity index (χ0) is 8.10. The summed E-state index contributed by atoms with van der Waals surface area (Å²) in [5.74, 6) is 0. The Hall–Kier alpha value is -1.44. The Morgan fingerprint density at radius 1 is 1.64 bits per heavy atom. The van der Waals surface area contributed by atoms with Gasteiger partial charge in [0.05, 0.1) is 0 Å². The first-order valence-corrected chi connectivity index (χ1v) is 3.38. The van der Waals surface area contributed by atoms with Gasteiger partial charge in [0.1, 0.15) is 0 Å². The van der Waals surface area contributed by atoms with Gasteiger partial charge in [0.15, 0.2) is 0 Å². The first-order valence-electron chi connectivity index (χ1n) is 3.38. The Labute approximate surface area is 66.3 Å². The molecule has 0 radical (unpaired) electrons. The first-order chi connectivity index (χ1) is 5.34. The maximum absolute atomic E-state index is 4.12. The number of nitrogens with zero attached hydrogens (tertiary/aromatic N) is 2. The molecule has 0 spiro atoms. The van der Waals surface area contributed by atoms with Gasteiger partial charge in [0.2, 0.25) is 0 Å². The lowest BCUT2D eigenvalue weighted by atomic mass is 10.2. The van der Waals surface area contributed by atoms with Crippen molar-refractivity contribution in [2.75, 3.05) is 0 Å². The van der Waals surface area contributed by atoms with Gasteiger partial charge in [-0.1, -0.05) is 6.07 Å². The zero-order valence-electron chi connectivity index (χ0n) is 6.49. The van der Waals surface area contributed by atoms with Crippen molar-refractivity contribution >= 4 is 12.8 Å². The summed E-state index contributed by atoms with van der Waals surface area (Å²) in [6.45, 7) is 5.31. The molecule has 0 aliphatic heterocycles. The van der Waals surface area contributed by atoms with E-state index in [1.54, 1.807) is 12.4 Å². The fourth-order valence-corrected chi connectivity index (χ4v) is 0.806. The molecule has 1 heterocycles. The van der Waals surface area contributed by atoms with Crippen LogP contribution >= 0.6 is 0 Å². The monoisotopic (exact) mass is 146 g/mol.